The van der Waals surface area contributed by atoms with Gasteiger partial charge in [0, 0.05) is 11.5 Å². The van der Waals surface area contributed by atoms with E-state index in [4.69, 9.17) is 5.84 Å². The van der Waals surface area contributed by atoms with Gasteiger partial charge in [0.1, 0.15) is 0 Å². The third-order valence-electron chi connectivity index (χ3n) is 4.16. The molecule has 0 aromatic heterocycles. The summed E-state index contributed by atoms with van der Waals surface area (Å²) < 4.78 is 0. The second-order valence-electron chi connectivity index (χ2n) is 4.99. The molecule has 1 fully saturated rings. The van der Waals surface area contributed by atoms with Crippen molar-refractivity contribution in [1.82, 2.24) is 5.43 Å². The summed E-state index contributed by atoms with van der Waals surface area (Å²) in [6, 6.07) is 10.7. The van der Waals surface area contributed by atoms with Crippen molar-refractivity contribution in [2.24, 2.45) is 5.84 Å². The molecule has 0 heterocycles. The highest BCUT2D eigenvalue weighted by Gasteiger charge is 2.36. The number of hydrazine groups is 1. The van der Waals surface area contributed by atoms with E-state index in [2.05, 4.69) is 42.7 Å². The molecule has 16 heavy (non-hydrogen) atoms. The summed E-state index contributed by atoms with van der Waals surface area (Å²) in [4.78, 5) is 0. The van der Waals surface area contributed by atoms with Crippen LogP contribution in [0.25, 0.3) is 0 Å². The molecule has 1 atom stereocenters. The molecule has 1 unspecified atom stereocenters. The first kappa shape index (κ1) is 11.6. The molecule has 0 spiro atoms. The second-order valence-corrected chi connectivity index (χ2v) is 4.99. The highest BCUT2D eigenvalue weighted by Crippen LogP contribution is 2.38. The van der Waals surface area contributed by atoms with Crippen molar-refractivity contribution in [2.45, 2.75) is 50.5 Å². The van der Waals surface area contributed by atoms with E-state index in [1.807, 2.05) is 0 Å². The molecule has 0 radical (unpaired) electrons. The van der Waals surface area contributed by atoms with Crippen LogP contribution in [0.15, 0.2) is 30.3 Å². The maximum absolute atomic E-state index is 5.83. The fourth-order valence-electron chi connectivity index (χ4n) is 2.95. The fourth-order valence-corrected chi connectivity index (χ4v) is 2.95. The van der Waals surface area contributed by atoms with Gasteiger partial charge in [0.05, 0.1) is 0 Å². The Morgan fingerprint density at radius 1 is 1.12 bits per heavy atom. The Balaban J connectivity index is 2.20. The van der Waals surface area contributed by atoms with E-state index in [1.165, 1.54) is 37.7 Å². The lowest BCUT2D eigenvalue weighted by Crippen LogP contribution is -2.54. The van der Waals surface area contributed by atoms with E-state index in [1.54, 1.807) is 0 Å². The highest BCUT2D eigenvalue weighted by atomic mass is 15.3. The molecule has 0 amide bonds. The van der Waals surface area contributed by atoms with Gasteiger partial charge in [0.25, 0.3) is 0 Å². The van der Waals surface area contributed by atoms with Gasteiger partial charge < -0.3 is 0 Å². The molecule has 0 bridgehead atoms. The minimum atomic E-state index is 0.111. The van der Waals surface area contributed by atoms with Crippen LogP contribution in [0, 0.1) is 0 Å². The zero-order chi connectivity index (χ0) is 11.4. The van der Waals surface area contributed by atoms with Crippen molar-refractivity contribution < 1.29 is 0 Å². The molecule has 1 aliphatic rings. The molecule has 1 aromatic rings. The molecule has 2 rings (SSSR count). The molecular formula is C14H22N2. The van der Waals surface area contributed by atoms with Gasteiger partial charge >= 0.3 is 0 Å². The Kier molecular flexibility index (Phi) is 3.62. The molecule has 1 aromatic carbocycles. The normalized spacial score (nSPS) is 21.6. The van der Waals surface area contributed by atoms with Crippen LogP contribution >= 0.6 is 0 Å². The average molecular weight is 218 g/mol. The van der Waals surface area contributed by atoms with Gasteiger partial charge in [0.15, 0.2) is 0 Å². The third kappa shape index (κ3) is 2.13. The fraction of sp³-hybridized carbons (Fsp3) is 0.571. The molecule has 2 nitrogen and oxygen atoms in total. The molecule has 1 aliphatic carbocycles. The Hall–Kier alpha value is -0.860. The van der Waals surface area contributed by atoms with Crippen molar-refractivity contribution in [1.29, 1.82) is 0 Å². The Bertz CT molecular complexity index is 315. The van der Waals surface area contributed by atoms with Crippen LogP contribution in [0.3, 0.4) is 0 Å². The quantitative estimate of drug-likeness (QED) is 0.604. The summed E-state index contributed by atoms with van der Waals surface area (Å²) in [6.07, 6.45) is 6.33. The Morgan fingerprint density at radius 3 is 2.31 bits per heavy atom. The second kappa shape index (κ2) is 4.98. The van der Waals surface area contributed by atoms with Crippen LogP contribution in [-0.4, -0.2) is 5.54 Å². The van der Waals surface area contributed by atoms with Crippen molar-refractivity contribution in [3.63, 3.8) is 0 Å². The summed E-state index contributed by atoms with van der Waals surface area (Å²) in [5.41, 5.74) is 4.62. The SMILES string of the molecule is CC(c1ccccc1)C1(NN)CCCCC1. The topological polar surface area (TPSA) is 38.0 Å². The van der Waals surface area contributed by atoms with E-state index >= 15 is 0 Å². The Labute approximate surface area is 98.2 Å². The lowest BCUT2D eigenvalue weighted by molar-refractivity contribution is 0.198. The maximum atomic E-state index is 5.83. The van der Waals surface area contributed by atoms with E-state index < -0.39 is 0 Å². The number of rotatable bonds is 3. The number of benzene rings is 1. The smallest absolute Gasteiger partial charge is 0.0387 e. The van der Waals surface area contributed by atoms with Gasteiger partial charge in [-0.1, -0.05) is 56.5 Å². The third-order valence-corrected chi connectivity index (χ3v) is 4.16. The van der Waals surface area contributed by atoms with Crippen molar-refractivity contribution in [2.75, 3.05) is 0 Å². The van der Waals surface area contributed by atoms with Crippen molar-refractivity contribution in [3.05, 3.63) is 35.9 Å². The van der Waals surface area contributed by atoms with E-state index in [-0.39, 0.29) is 5.54 Å². The summed E-state index contributed by atoms with van der Waals surface area (Å²) in [5, 5.41) is 0. The summed E-state index contributed by atoms with van der Waals surface area (Å²) in [5.74, 6) is 6.31. The minimum absolute atomic E-state index is 0.111. The van der Waals surface area contributed by atoms with Gasteiger partial charge in [-0.2, -0.15) is 0 Å². The van der Waals surface area contributed by atoms with Crippen LogP contribution in [-0.2, 0) is 0 Å². The van der Waals surface area contributed by atoms with Gasteiger partial charge in [-0.15, -0.1) is 0 Å². The van der Waals surface area contributed by atoms with Crippen LogP contribution in [0.4, 0.5) is 0 Å². The predicted molar refractivity (Wildman–Crippen MR) is 68.0 cm³/mol. The van der Waals surface area contributed by atoms with Crippen LogP contribution in [0.1, 0.15) is 50.5 Å². The van der Waals surface area contributed by atoms with Crippen LogP contribution in [0.2, 0.25) is 0 Å². The largest absolute Gasteiger partial charge is 0.271 e. The first-order valence-electron chi connectivity index (χ1n) is 6.31. The number of hydrogen-bond acceptors (Lipinski definition) is 2. The van der Waals surface area contributed by atoms with Crippen molar-refractivity contribution in [3.8, 4) is 0 Å². The number of hydrogen-bond donors (Lipinski definition) is 2. The maximum Gasteiger partial charge on any atom is 0.0387 e. The lowest BCUT2D eigenvalue weighted by Gasteiger charge is -2.42. The molecule has 0 aliphatic heterocycles. The van der Waals surface area contributed by atoms with E-state index in [0.717, 1.165) is 0 Å². The Morgan fingerprint density at radius 2 is 1.75 bits per heavy atom. The van der Waals surface area contributed by atoms with Gasteiger partial charge in [-0.25, -0.2) is 0 Å². The number of nitrogens with two attached hydrogens (primary N) is 1. The van der Waals surface area contributed by atoms with E-state index in [0.29, 0.717) is 5.92 Å². The lowest BCUT2D eigenvalue weighted by atomic mass is 9.71. The van der Waals surface area contributed by atoms with Gasteiger partial charge in [0.2, 0.25) is 0 Å². The average Bonchev–Trinajstić information content (AvgIpc) is 2.39. The van der Waals surface area contributed by atoms with Gasteiger partial charge in [-0.3, -0.25) is 11.3 Å². The van der Waals surface area contributed by atoms with Crippen LogP contribution < -0.4 is 11.3 Å². The first-order valence-corrected chi connectivity index (χ1v) is 6.31. The van der Waals surface area contributed by atoms with Crippen molar-refractivity contribution >= 4 is 0 Å². The summed E-state index contributed by atoms with van der Waals surface area (Å²) in [7, 11) is 0. The monoisotopic (exact) mass is 218 g/mol. The molecule has 1 saturated carbocycles. The van der Waals surface area contributed by atoms with Crippen LogP contribution in [0.5, 0.6) is 0 Å². The summed E-state index contributed by atoms with van der Waals surface area (Å²) in [6.45, 7) is 2.29. The predicted octanol–water partition coefficient (Wildman–Crippen LogP) is 2.96. The van der Waals surface area contributed by atoms with E-state index in [9.17, 15) is 0 Å². The summed E-state index contributed by atoms with van der Waals surface area (Å²) >= 11 is 0. The van der Waals surface area contributed by atoms with Gasteiger partial charge in [-0.05, 0) is 18.4 Å². The molecule has 2 heteroatoms. The standard InChI is InChI=1S/C14H22N2/c1-12(13-8-4-2-5-9-13)14(16-15)10-6-3-7-11-14/h2,4-5,8-9,12,16H,3,6-7,10-11,15H2,1H3. The number of nitrogens with one attached hydrogen (secondary N) is 1. The zero-order valence-electron chi connectivity index (χ0n) is 10.1. The molecular weight excluding hydrogens is 196 g/mol. The first-order chi connectivity index (χ1) is 7.78. The molecule has 0 saturated heterocycles. The zero-order valence-corrected chi connectivity index (χ0v) is 10.1. The molecule has 88 valence electrons. The highest BCUT2D eigenvalue weighted by molar-refractivity contribution is 5.23. The minimum Gasteiger partial charge on any atom is -0.271 e. The molecule has 3 N–H and O–H groups in total.